The predicted octanol–water partition coefficient (Wildman–Crippen LogP) is 1.13. The van der Waals surface area contributed by atoms with Gasteiger partial charge in [-0.25, -0.2) is 4.98 Å². The lowest BCUT2D eigenvalue weighted by molar-refractivity contribution is 0.307. The maximum absolute atomic E-state index is 5.69. The van der Waals surface area contributed by atoms with E-state index in [1.807, 2.05) is 6.07 Å². The van der Waals surface area contributed by atoms with E-state index in [4.69, 9.17) is 23.8 Å². The summed E-state index contributed by atoms with van der Waals surface area (Å²) in [6.07, 6.45) is 7.02. The lowest BCUT2D eigenvalue weighted by Crippen LogP contribution is -2.29. The molecule has 2 N–H and O–H groups in total. The molecule has 0 fully saturated rings. The van der Waals surface area contributed by atoms with Gasteiger partial charge >= 0.3 is 0 Å². The van der Waals surface area contributed by atoms with Gasteiger partial charge in [0.25, 0.3) is 0 Å². The van der Waals surface area contributed by atoms with E-state index in [0.29, 0.717) is 18.2 Å². The van der Waals surface area contributed by atoms with Crippen LogP contribution in [-0.2, 0) is 6.54 Å². The van der Waals surface area contributed by atoms with Crippen LogP contribution in [0.4, 0.5) is 0 Å². The molecular formula is C11H14ClN3. The molecule has 3 nitrogen and oxygen atoms in total. The number of pyridine rings is 1. The molecule has 0 aliphatic rings. The Hall–Kier alpha value is -1.08. The molecule has 0 amide bonds. The average Bonchev–Trinajstić information content (AvgIpc) is 2.22. The summed E-state index contributed by atoms with van der Waals surface area (Å²) in [5.41, 5.74) is 6.58. The van der Waals surface area contributed by atoms with Crippen molar-refractivity contribution in [1.29, 1.82) is 0 Å². The SMILES string of the molecule is C#CCN(CCN)Cc1ccc(Cl)nc1. The first-order valence-electron chi connectivity index (χ1n) is 4.72. The molecule has 0 aliphatic carbocycles. The summed E-state index contributed by atoms with van der Waals surface area (Å²) in [4.78, 5) is 6.10. The Morgan fingerprint density at radius 2 is 2.33 bits per heavy atom. The molecule has 1 heterocycles. The van der Waals surface area contributed by atoms with Crippen molar-refractivity contribution in [3.63, 3.8) is 0 Å². The molecule has 15 heavy (non-hydrogen) atoms. The molecule has 0 bridgehead atoms. The molecule has 0 aromatic carbocycles. The second kappa shape index (κ2) is 6.41. The third-order valence-electron chi connectivity index (χ3n) is 1.96. The van der Waals surface area contributed by atoms with Gasteiger partial charge in [-0.2, -0.15) is 0 Å². The van der Waals surface area contributed by atoms with Crippen molar-refractivity contribution in [2.75, 3.05) is 19.6 Å². The molecule has 80 valence electrons. The van der Waals surface area contributed by atoms with Gasteiger partial charge in [-0.15, -0.1) is 6.42 Å². The van der Waals surface area contributed by atoms with Crippen molar-refractivity contribution >= 4 is 11.6 Å². The highest BCUT2D eigenvalue weighted by atomic mass is 35.5. The molecule has 1 aromatic rings. The Labute approximate surface area is 95.2 Å². The van der Waals surface area contributed by atoms with Crippen molar-refractivity contribution in [2.45, 2.75) is 6.54 Å². The van der Waals surface area contributed by atoms with E-state index in [1.54, 1.807) is 12.3 Å². The number of hydrogen-bond donors (Lipinski definition) is 1. The molecule has 0 saturated heterocycles. The molecule has 0 spiro atoms. The average molecular weight is 224 g/mol. The minimum Gasteiger partial charge on any atom is -0.329 e. The van der Waals surface area contributed by atoms with Gasteiger partial charge < -0.3 is 5.73 Å². The molecule has 0 unspecified atom stereocenters. The number of hydrogen-bond acceptors (Lipinski definition) is 3. The summed E-state index contributed by atoms with van der Waals surface area (Å²) >= 11 is 5.69. The van der Waals surface area contributed by atoms with Crippen LogP contribution in [0.1, 0.15) is 5.56 Å². The van der Waals surface area contributed by atoms with Crippen LogP contribution in [0.5, 0.6) is 0 Å². The van der Waals surface area contributed by atoms with Gasteiger partial charge in [0.15, 0.2) is 0 Å². The first-order chi connectivity index (χ1) is 7.26. The Morgan fingerprint density at radius 1 is 1.53 bits per heavy atom. The topological polar surface area (TPSA) is 42.1 Å². The second-order valence-electron chi connectivity index (χ2n) is 3.19. The zero-order chi connectivity index (χ0) is 11.1. The normalized spacial score (nSPS) is 10.3. The molecule has 4 heteroatoms. The van der Waals surface area contributed by atoms with Crippen molar-refractivity contribution in [3.05, 3.63) is 29.0 Å². The molecule has 1 rings (SSSR count). The summed E-state index contributed by atoms with van der Waals surface area (Å²) in [5.74, 6) is 2.61. The van der Waals surface area contributed by atoms with Crippen LogP contribution in [0.3, 0.4) is 0 Å². The van der Waals surface area contributed by atoms with Gasteiger partial charge in [0.2, 0.25) is 0 Å². The number of terminal acetylenes is 1. The third-order valence-corrected chi connectivity index (χ3v) is 2.18. The molecule has 0 saturated carbocycles. The summed E-state index contributed by atoms with van der Waals surface area (Å²) < 4.78 is 0. The summed E-state index contributed by atoms with van der Waals surface area (Å²) in [7, 11) is 0. The number of nitrogens with two attached hydrogens (primary N) is 1. The molecule has 0 aliphatic heterocycles. The first kappa shape index (κ1) is 12.0. The zero-order valence-electron chi connectivity index (χ0n) is 8.49. The van der Waals surface area contributed by atoms with E-state index in [-0.39, 0.29) is 0 Å². The number of aromatic nitrogens is 1. The smallest absolute Gasteiger partial charge is 0.129 e. The lowest BCUT2D eigenvalue weighted by Gasteiger charge is -2.18. The Morgan fingerprint density at radius 3 is 2.87 bits per heavy atom. The summed E-state index contributed by atoms with van der Waals surface area (Å²) in [6, 6.07) is 3.71. The first-order valence-corrected chi connectivity index (χ1v) is 5.10. The van der Waals surface area contributed by atoms with Crippen LogP contribution in [0.15, 0.2) is 18.3 Å². The molecule has 1 aromatic heterocycles. The highest BCUT2D eigenvalue weighted by Crippen LogP contribution is 2.07. The Kier molecular flexibility index (Phi) is 5.13. The quantitative estimate of drug-likeness (QED) is 0.601. The molecule has 0 radical (unpaired) electrons. The monoisotopic (exact) mass is 223 g/mol. The van der Waals surface area contributed by atoms with E-state index in [9.17, 15) is 0 Å². The van der Waals surface area contributed by atoms with Gasteiger partial charge in [-0.05, 0) is 11.6 Å². The second-order valence-corrected chi connectivity index (χ2v) is 3.58. The van der Waals surface area contributed by atoms with E-state index >= 15 is 0 Å². The van der Waals surface area contributed by atoms with Crippen LogP contribution in [0.2, 0.25) is 5.15 Å². The van der Waals surface area contributed by atoms with E-state index in [2.05, 4.69) is 15.8 Å². The van der Waals surface area contributed by atoms with Gasteiger partial charge in [-0.1, -0.05) is 23.6 Å². The van der Waals surface area contributed by atoms with Crippen LogP contribution < -0.4 is 5.73 Å². The summed E-state index contributed by atoms with van der Waals surface area (Å²) in [6.45, 7) is 2.74. The van der Waals surface area contributed by atoms with Crippen LogP contribution in [-0.4, -0.2) is 29.5 Å². The van der Waals surface area contributed by atoms with Crippen molar-refractivity contribution in [2.24, 2.45) is 5.73 Å². The van der Waals surface area contributed by atoms with Crippen molar-refractivity contribution in [3.8, 4) is 12.3 Å². The van der Waals surface area contributed by atoms with Crippen LogP contribution in [0.25, 0.3) is 0 Å². The maximum atomic E-state index is 5.69. The fraction of sp³-hybridized carbons (Fsp3) is 0.364. The Bertz CT molecular complexity index is 329. The third kappa shape index (κ3) is 4.30. The van der Waals surface area contributed by atoms with Gasteiger partial charge in [0, 0.05) is 25.8 Å². The van der Waals surface area contributed by atoms with Gasteiger partial charge in [0.1, 0.15) is 5.15 Å². The summed E-state index contributed by atoms with van der Waals surface area (Å²) in [5, 5.41) is 0.501. The fourth-order valence-corrected chi connectivity index (χ4v) is 1.40. The van der Waals surface area contributed by atoms with E-state index in [1.165, 1.54) is 0 Å². The van der Waals surface area contributed by atoms with Crippen LogP contribution >= 0.6 is 11.6 Å². The number of rotatable bonds is 5. The highest BCUT2D eigenvalue weighted by molar-refractivity contribution is 6.29. The fourth-order valence-electron chi connectivity index (χ4n) is 1.28. The van der Waals surface area contributed by atoms with Crippen molar-refractivity contribution < 1.29 is 0 Å². The number of halogens is 1. The molecular weight excluding hydrogens is 210 g/mol. The zero-order valence-corrected chi connectivity index (χ0v) is 9.24. The van der Waals surface area contributed by atoms with Crippen LogP contribution in [0, 0.1) is 12.3 Å². The minimum atomic E-state index is 0.501. The largest absolute Gasteiger partial charge is 0.329 e. The van der Waals surface area contributed by atoms with E-state index < -0.39 is 0 Å². The van der Waals surface area contributed by atoms with Crippen molar-refractivity contribution in [1.82, 2.24) is 9.88 Å². The predicted molar refractivity (Wildman–Crippen MR) is 62.4 cm³/mol. The lowest BCUT2D eigenvalue weighted by atomic mass is 10.2. The van der Waals surface area contributed by atoms with Gasteiger partial charge in [0.05, 0.1) is 6.54 Å². The standard InChI is InChI=1S/C11H14ClN3/c1-2-6-15(7-5-13)9-10-3-4-11(12)14-8-10/h1,3-4,8H,5-7,9,13H2. The highest BCUT2D eigenvalue weighted by Gasteiger charge is 2.03. The number of nitrogens with zero attached hydrogens (tertiary/aromatic N) is 2. The Balaban J connectivity index is 2.57. The minimum absolute atomic E-state index is 0.501. The van der Waals surface area contributed by atoms with E-state index in [0.717, 1.165) is 18.7 Å². The maximum Gasteiger partial charge on any atom is 0.129 e. The molecule has 0 atom stereocenters. The van der Waals surface area contributed by atoms with Gasteiger partial charge in [-0.3, -0.25) is 4.90 Å².